The predicted molar refractivity (Wildman–Crippen MR) is 120 cm³/mol. The first-order valence-electron chi connectivity index (χ1n) is 10.6. The Morgan fingerprint density at radius 1 is 1.29 bits per heavy atom. The first kappa shape index (κ1) is 22.4. The molecule has 2 heterocycles. The molecule has 3 rings (SSSR count). The van der Waals surface area contributed by atoms with Gasteiger partial charge in [0.25, 0.3) is 5.56 Å². The average Bonchev–Trinajstić information content (AvgIpc) is 2.77. The highest BCUT2D eigenvalue weighted by atomic mass is 16.5. The summed E-state index contributed by atoms with van der Waals surface area (Å²) >= 11 is 0. The van der Waals surface area contributed by atoms with Gasteiger partial charge in [0.15, 0.2) is 0 Å². The van der Waals surface area contributed by atoms with Gasteiger partial charge in [-0.3, -0.25) is 4.79 Å². The maximum Gasteiger partial charge on any atom is 0.258 e. The van der Waals surface area contributed by atoms with Gasteiger partial charge in [-0.25, -0.2) is 0 Å². The standard InChI is InChI=1S/C24H30N4O3/c1-5-27(6-2)12-9-13-28-16(3)14-20-22(24(28)29)21(18(15-25)23(26)31-20)17-10-7-8-11-19(17)30-4/h7-8,10-11,14,21H,5-6,9,12-13,26H2,1-4H3/t21-/m1/s1. The number of nitriles is 1. The van der Waals surface area contributed by atoms with Crippen molar-refractivity contribution in [2.24, 2.45) is 5.73 Å². The Morgan fingerprint density at radius 2 is 2.00 bits per heavy atom. The first-order valence-corrected chi connectivity index (χ1v) is 10.6. The highest BCUT2D eigenvalue weighted by Crippen LogP contribution is 2.43. The lowest BCUT2D eigenvalue weighted by atomic mass is 9.83. The zero-order valence-corrected chi connectivity index (χ0v) is 18.6. The fourth-order valence-corrected chi connectivity index (χ4v) is 4.17. The van der Waals surface area contributed by atoms with Crippen LogP contribution in [0.1, 0.15) is 43.0 Å². The molecule has 0 spiro atoms. The molecular weight excluding hydrogens is 392 g/mol. The highest BCUT2D eigenvalue weighted by Gasteiger charge is 2.35. The molecule has 2 aromatic rings. The SMILES string of the molecule is CCN(CC)CCCn1c(C)cc2c(c1=O)[C@H](c1ccccc1OC)C(C#N)=C(N)O2. The van der Waals surface area contributed by atoms with Crippen molar-refractivity contribution in [2.45, 2.75) is 39.7 Å². The van der Waals surface area contributed by atoms with Crippen LogP contribution < -0.4 is 20.8 Å². The minimum Gasteiger partial charge on any atom is -0.496 e. The summed E-state index contributed by atoms with van der Waals surface area (Å²) in [5.41, 5.74) is 8.07. The van der Waals surface area contributed by atoms with Gasteiger partial charge < -0.3 is 24.7 Å². The Morgan fingerprint density at radius 3 is 2.65 bits per heavy atom. The van der Waals surface area contributed by atoms with Crippen LogP contribution >= 0.6 is 0 Å². The second kappa shape index (κ2) is 9.71. The van der Waals surface area contributed by atoms with E-state index in [0.29, 0.717) is 29.2 Å². The number of nitrogens with zero attached hydrogens (tertiary/aromatic N) is 3. The Bertz CT molecular complexity index is 1080. The molecular formula is C24H30N4O3. The minimum absolute atomic E-state index is 0.0176. The van der Waals surface area contributed by atoms with Crippen molar-refractivity contribution >= 4 is 0 Å². The van der Waals surface area contributed by atoms with Crippen LogP contribution in [0, 0.1) is 18.3 Å². The number of hydrogen-bond acceptors (Lipinski definition) is 6. The molecule has 1 aliphatic rings. The number of aromatic nitrogens is 1. The largest absolute Gasteiger partial charge is 0.496 e. The molecule has 0 unspecified atom stereocenters. The van der Waals surface area contributed by atoms with E-state index in [9.17, 15) is 10.1 Å². The number of para-hydroxylation sites is 1. The summed E-state index contributed by atoms with van der Waals surface area (Å²) in [4.78, 5) is 16.0. The van der Waals surface area contributed by atoms with Crippen molar-refractivity contribution in [2.75, 3.05) is 26.7 Å². The highest BCUT2D eigenvalue weighted by molar-refractivity contribution is 5.58. The molecule has 0 aliphatic carbocycles. The zero-order valence-electron chi connectivity index (χ0n) is 18.6. The van der Waals surface area contributed by atoms with Crippen LogP contribution in [-0.4, -0.2) is 36.2 Å². The second-order valence-electron chi connectivity index (χ2n) is 7.57. The number of ether oxygens (including phenoxy) is 2. The van der Waals surface area contributed by atoms with E-state index in [0.717, 1.165) is 31.7 Å². The Hall–Kier alpha value is -3.24. The molecule has 1 aromatic heterocycles. The van der Waals surface area contributed by atoms with Crippen molar-refractivity contribution in [3.05, 3.63) is 69.0 Å². The topological polar surface area (TPSA) is 93.5 Å². The fraction of sp³-hybridized carbons (Fsp3) is 0.417. The van der Waals surface area contributed by atoms with E-state index in [2.05, 4.69) is 24.8 Å². The van der Waals surface area contributed by atoms with Crippen LogP contribution in [0.3, 0.4) is 0 Å². The van der Waals surface area contributed by atoms with Crippen LogP contribution in [-0.2, 0) is 6.54 Å². The number of aryl methyl sites for hydroxylation is 1. The van der Waals surface area contributed by atoms with Gasteiger partial charge in [0.2, 0.25) is 5.88 Å². The van der Waals surface area contributed by atoms with E-state index in [-0.39, 0.29) is 17.0 Å². The van der Waals surface area contributed by atoms with Crippen molar-refractivity contribution in [3.63, 3.8) is 0 Å². The molecule has 1 atom stereocenters. The molecule has 0 radical (unpaired) electrons. The summed E-state index contributed by atoms with van der Waals surface area (Å²) < 4.78 is 13.0. The summed E-state index contributed by atoms with van der Waals surface area (Å²) in [5, 5.41) is 9.83. The van der Waals surface area contributed by atoms with Crippen molar-refractivity contribution in [1.82, 2.24) is 9.47 Å². The van der Waals surface area contributed by atoms with Crippen molar-refractivity contribution in [1.29, 1.82) is 5.26 Å². The third-order valence-electron chi connectivity index (χ3n) is 5.89. The zero-order chi connectivity index (χ0) is 22.5. The molecule has 7 heteroatoms. The number of methoxy groups -OCH3 is 1. The maximum atomic E-state index is 13.7. The lowest BCUT2D eigenvalue weighted by molar-refractivity contribution is 0.292. The molecule has 1 aliphatic heterocycles. The van der Waals surface area contributed by atoms with Crippen LogP contribution in [0.25, 0.3) is 0 Å². The monoisotopic (exact) mass is 422 g/mol. The van der Waals surface area contributed by atoms with Crippen LogP contribution in [0.15, 0.2) is 46.6 Å². The number of nitrogens with two attached hydrogens (primary N) is 1. The third-order valence-corrected chi connectivity index (χ3v) is 5.89. The van der Waals surface area contributed by atoms with E-state index in [1.807, 2.05) is 37.3 Å². The summed E-state index contributed by atoms with van der Waals surface area (Å²) in [7, 11) is 1.57. The Balaban J connectivity index is 2.11. The second-order valence-corrected chi connectivity index (χ2v) is 7.57. The molecule has 0 fully saturated rings. The van der Waals surface area contributed by atoms with Gasteiger partial charge >= 0.3 is 0 Å². The molecule has 1 aromatic carbocycles. The van der Waals surface area contributed by atoms with Gasteiger partial charge in [0, 0.05) is 23.9 Å². The van der Waals surface area contributed by atoms with Gasteiger partial charge in [-0.1, -0.05) is 32.0 Å². The predicted octanol–water partition coefficient (Wildman–Crippen LogP) is 3.12. The number of fused-ring (bicyclic) bond motifs is 1. The van der Waals surface area contributed by atoms with Gasteiger partial charge in [-0.2, -0.15) is 5.26 Å². The van der Waals surface area contributed by atoms with Crippen molar-refractivity contribution < 1.29 is 9.47 Å². The number of benzene rings is 1. The normalized spacial score (nSPS) is 15.4. The Kier molecular flexibility index (Phi) is 7.03. The minimum atomic E-state index is -0.646. The van der Waals surface area contributed by atoms with Crippen LogP contribution in [0.2, 0.25) is 0 Å². The third kappa shape index (κ3) is 4.30. The molecule has 0 bridgehead atoms. The fourth-order valence-electron chi connectivity index (χ4n) is 4.17. The van der Waals surface area contributed by atoms with E-state index >= 15 is 0 Å². The number of pyridine rings is 1. The van der Waals surface area contributed by atoms with Gasteiger partial charge in [-0.15, -0.1) is 0 Å². The van der Waals surface area contributed by atoms with E-state index in [1.54, 1.807) is 11.7 Å². The number of rotatable bonds is 8. The van der Waals surface area contributed by atoms with Gasteiger partial charge in [0.05, 0.1) is 18.6 Å². The van der Waals surface area contributed by atoms with Crippen LogP contribution in [0.5, 0.6) is 11.5 Å². The molecule has 0 amide bonds. The van der Waals surface area contributed by atoms with E-state index in [4.69, 9.17) is 15.2 Å². The van der Waals surface area contributed by atoms with E-state index in [1.165, 1.54) is 0 Å². The molecule has 31 heavy (non-hydrogen) atoms. The first-order chi connectivity index (χ1) is 15.0. The van der Waals surface area contributed by atoms with E-state index < -0.39 is 5.92 Å². The molecule has 0 saturated carbocycles. The molecule has 2 N–H and O–H groups in total. The summed E-state index contributed by atoms with van der Waals surface area (Å²) in [5.74, 6) is 0.361. The summed E-state index contributed by atoms with van der Waals surface area (Å²) in [6, 6.07) is 11.4. The van der Waals surface area contributed by atoms with Gasteiger partial charge in [-0.05, 0) is 39.0 Å². The smallest absolute Gasteiger partial charge is 0.258 e. The lowest BCUT2D eigenvalue weighted by Gasteiger charge is -2.28. The summed E-state index contributed by atoms with van der Waals surface area (Å²) in [6.07, 6.45) is 0.852. The maximum absolute atomic E-state index is 13.7. The molecule has 164 valence electrons. The van der Waals surface area contributed by atoms with Crippen LogP contribution in [0.4, 0.5) is 0 Å². The average molecular weight is 423 g/mol. The molecule has 7 nitrogen and oxygen atoms in total. The van der Waals surface area contributed by atoms with Crippen molar-refractivity contribution in [3.8, 4) is 17.6 Å². The quantitative estimate of drug-likeness (QED) is 0.703. The number of hydrogen-bond donors (Lipinski definition) is 1. The summed E-state index contributed by atoms with van der Waals surface area (Å²) in [6.45, 7) is 9.62. The Labute approximate surface area is 183 Å². The van der Waals surface area contributed by atoms with Gasteiger partial charge in [0.1, 0.15) is 23.1 Å². The number of allylic oxidation sites excluding steroid dienone is 1. The lowest BCUT2D eigenvalue weighted by Crippen LogP contribution is -2.33. The molecule has 0 saturated heterocycles.